The van der Waals surface area contributed by atoms with Crippen molar-refractivity contribution >= 4 is 115 Å². The summed E-state index contributed by atoms with van der Waals surface area (Å²) >= 11 is 1.36. The summed E-state index contributed by atoms with van der Waals surface area (Å²) in [5.41, 5.74) is 13.6. The average molecular weight is 1250 g/mol. The van der Waals surface area contributed by atoms with Crippen molar-refractivity contribution < 1.29 is 23.3 Å². The number of aryl methyl sites for hydroxylation is 2. The Bertz CT molecular complexity index is 4390. The standard InChI is InChI=1S/2C43H35.2CH3.Si.Zr/c2*1-2-3-4-5-14-29-25-40-38(42-34-19-10-6-15-30(34)27-31-16-7-11-20-35(31)42)23-24-39(41(40)26-29)43-36-21-12-8-17-32(36)28-33-18-9-13-22-37(33)43;;;;/h2*6-13,15-28H,2-5,14H2,1H3;2*1H3;;/q4*-1;;. The number of fused-ring (bicyclic) bond motifs is 10. The van der Waals surface area contributed by atoms with E-state index in [0.717, 1.165) is 12.8 Å². The Morgan fingerprint density at radius 2 is 0.478 bits per heavy atom. The number of unbranched alkanes of at least 4 members (excludes halogenated alkanes) is 6. The Kier molecular flexibility index (Phi) is 19.0. The number of hydrogen-bond acceptors (Lipinski definition) is 0. The van der Waals surface area contributed by atoms with Crippen molar-refractivity contribution in [3.05, 3.63) is 293 Å². The summed E-state index contributed by atoms with van der Waals surface area (Å²) in [6.07, 6.45) is 12.5. The predicted octanol–water partition coefficient (Wildman–Crippen LogP) is 25.8. The third-order valence-corrected chi connectivity index (χ3v) is 18.7. The first-order valence-electron chi connectivity index (χ1n) is 31.9. The van der Waals surface area contributed by atoms with Crippen LogP contribution in [0.1, 0.15) is 76.3 Å². The van der Waals surface area contributed by atoms with Gasteiger partial charge in [0.05, 0.1) is 0 Å². The SMILES string of the molecule is CCCCCCc1cc2c(-c3c4ccccc4cc4ccccc34)ccc(-c3c4ccccc4cc4ccccc34)c2[cH-]1.CCCCCCc1cc2c(-c3c4ccccc4cc4ccccc34)ccc(-c3c4ccccc4cc4ccccc34)c2[cH-]1.[CH3-].[CH3-].[Si]=[Zr]. The van der Waals surface area contributed by atoms with E-state index in [1.807, 2.05) is 0 Å². The Morgan fingerprint density at radius 3 is 0.722 bits per heavy atom. The third-order valence-electron chi connectivity index (χ3n) is 18.7. The monoisotopic (exact) mass is 1250 g/mol. The van der Waals surface area contributed by atoms with E-state index in [9.17, 15) is 0 Å². The number of hydrogen-bond donors (Lipinski definition) is 0. The topological polar surface area (TPSA) is 0 Å². The van der Waals surface area contributed by atoms with Crippen molar-refractivity contribution in [3.63, 3.8) is 0 Å². The first-order valence-corrected chi connectivity index (χ1v) is 36.1. The maximum atomic E-state index is 3.06. The summed E-state index contributed by atoms with van der Waals surface area (Å²) in [6.45, 7) is 7.64. The van der Waals surface area contributed by atoms with Crippen LogP contribution in [0.5, 0.6) is 0 Å². The van der Waals surface area contributed by atoms with Crippen molar-refractivity contribution in [1.82, 2.24) is 0 Å². The summed E-state index contributed by atoms with van der Waals surface area (Å²) in [5, 5.41) is 26.3. The van der Waals surface area contributed by atoms with Crippen LogP contribution in [-0.4, -0.2) is 6.88 Å². The van der Waals surface area contributed by atoms with Gasteiger partial charge in [-0.05, 0) is 146 Å². The predicted molar refractivity (Wildman–Crippen MR) is 395 cm³/mol. The summed E-state index contributed by atoms with van der Waals surface area (Å²) < 4.78 is 0. The van der Waals surface area contributed by atoms with Gasteiger partial charge in [-0.15, -0.1) is 44.8 Å². The van der Waals surface area contributed by atoms with Crippen LogP contribution in [0, 0.1) is 14.9 Å². The molecule has 0 nitrogen and oxygen atoms in total. The fourth-order valence-corrected chi connectivity index (χ4v) is 14.6. The summed E-state index contributed by atoms with van der Waals surface area (Å²) in [5.74, 6) is 0. The second-order valence-electron chi connectivity index (χ2n) is 24.1. The van der Waals surface area contributed by atoms with Crippen LogP contribution in [0.4, 0.5) is 0 Å². The van der Waals surface area contributed by atoms with Gasteiger partial charge < -0.3 is 14.9 Å². The van der Waals surface area contributed by atoms with E-state index < -0.39 is 0 Å². The van der Waals surface area contributed by atoms with Crippen molar-refractivity contribution in [2.45, 2.75) is 78.1 Å². The maximum absolute atomic E-state index is 3.06. The molecule has 0 aliphatic heterocycles. The molecule has 0 aliphatic carbocycles. The zero-order chi connectivity index (χ0) is 59.5. The molecule has 2 heteroatoms. The van der Waals surface area contributed by atoms with Crippen LogP contribution in [0.2, 0.25) is 0 Å². The minimum absolute atomic E-state index is 0. The Morgan fingerprint density at radius 1 is 0.256 bits per heavy atom. The van der Waals surface area contributed by atoms with Gasteiger partial charge in [0.25, 0.3) is 0 Å². The number of benzene rings is 14. The minimum atomic E-state index is 0. The Hall–Kier alpha value is -8.52. The van der Waals surface area contributed by atoms with E-state index in [0.29, 0.717) is 0 Å². The van der Waals surface area contributed by atoms with Gasteiger partial charge in [-0.2, -0.15) is 12.1 Å². The molecule has 16 aromatic carbocycles. The Balaban J connectivity index is 0.000000166. The number of rotatable bonds is 14. The van der Waals surface area contributed by atoms with Crippen molar-refractivity contribution in [2.24, 2.45) is 0 Å². The van der Waals surface area contributed by atoms with Gasteiger partial charge in [-0.3, -0.25) is 0 Å². The molecule has 0 aromatic heterocycles. The zero-order valence-corrected chi connectivity index (χ0v) is 55.9. The van der Waals surface area contributed by atoms with E-state index in [4.69, 9.17) is 0 Å². The van der Waals surface area contributed by atoms with E-state index in [1.54, 1.807) is 0 Å². The molecule has 2 radical (unpaired) electrons. The van der Waals surface area contributed by atoms with Gasteiger partial charge in [0.2, 0.25) is 0 Å². The van der Waals surface area contributed by atoms with Crippen LogP contribution in [0.25, 0.3) is 152 Å². The normalized spacial score (nSPS) is 11.3. The zero-order valence-electron chi connectivity index (χ0n) is 52.5. The van der Waals surface area contributed by atoms with Gasteiger partial charge >= 0.3 is 30.2 Å². The molecular formula is C88H76SiZr-4. The van der Waals surface area contributed by atoms with Gasteiger partial charge in [0.1, 0.15) is 0 Å². The molecule has 0 heterocycles. The second-order valence-corrected chi connectivity index (χ2v) is 24.1. The first kappa shape index (κ1) is 61.7. The molecule has 0 atom stereocenters. The molecule has 440 valence electrons. The summed E-state index contributed by atoms with van der Waals surface area (Å²) in [6, 6.07) is 100. The third kappa shape index (κ3) is 11.6. The molecule has 0 amide bonds. The quantitative estimate of drug-likeness (QED) is 0.0441. The molecular weight excluding hydrogens is 1180 g/mol. The molecule has 16 aromatic rings. The van der Waals surface area contributed by atoms with Gasteiger partial charge in [0, 0.05) is 0 Å². The second kappa shape index (κ2) is 27.7. The van der Waals surface area contributed by atoms with Gasteiger partial charge in [-0.1, -0.05) is 306 Å². The fraction of sp³-hybridized carbons (Fsp3) is 0.136. The van der Waals surface area contributed by atoms with Crippen molar-refractivity contribution in [2.75, 3.05) is 0 Å². The molecule has 0 unspecified atom stereocenters. The molecule has 16 rings (SSSR count). The molecule has 0 saturated heterocycles. The van der Waals surface area contributed by atoms with E-state index >= 15 is 0 Å². The van der Waals surface area contributed by atoms with Crippen LogP contribution < -0.4 is 0 Å². The van der Waals surface area contributed by atoms with Gasteiger partial charge in [0.15, 0.2) is 0 Å². The van der Waals surface area contributed by atoms with E-state index in [2.05, 4.69) is 288 Å². The van der Waals surface area contributed by atoms with Gasteiger partial charge in [-0.25, -0.2) is 0 Å². The van der Waals surface area contributed by atoms with Crippen LogP contribution in [-0.2, 0) is 36.2 Å². The van der Waals surface area contributed by atoms with Crippen LogP contribution in [0.3, 0.4) is 0 Å². The molecule has 0 bridgehead atoms. The first-order chi connectivity index (χ1) is 43.6. The molecule has 90 heavy (non-hydrogen) atoms. The molecule has 0 saturated carbocycles. The van der Waals surface area contributed by atoms with Crippen LogP contribution >= 0.6 is 0 Å². The summed E-state index contributed by atoms with van der Waals surface area (Å²) in [7, 11) is 0. The molecule has 0 aliphatic rings. The van der Waals surface area contributed by atoms with E-state index in [1.165, 1.54) is 238 Å². The van der Waals surface area contributed by atoms with Crippen molar-refractivity contribution in [3.8, 4) is 44.5 Å². The summed E-state index contributed by atoms with van der Waals surface area (Å²) in [4.78, 5) is 0. The van der Waals surface area contributed by atoms with Crippen molar-refractivity contribution in [1.29, 1.82) is 0 Å². The molecule has 0 spiro atoms. The van der Waals surface area contributed by atoms with Crippen LogP contribution in [0.15, 0.2) is 267 Å². The fourth-order valence-electron chi connectivity index (χ4n) is 14.6. The molecule has 0 fully saturated rings. The Labute approximate surface area is 549 Å². The molecule has 0 N–H and O–H groups in total. The van der Waals surface area contributed by atoms with E-state index in [-0.39, 0.29) is 14.9 Å². The average Bonchev–Trinajstić information content (AvgIpc) is 1.31.